The first-order valence-corrected chi connectivity index (χ1v) is 5.50. The van der Waals surface area contributed by atoms with Gasteiger partial charge in [0.2, 0.25) is 0 Å². The number of aromatic nitrogens is 2. The Morgan fingerprint density at radius 1 is 1.47 bits per heavy atom. The fraction of sp³-hybridized carbons (Fsp3) is 0.182. The zero-order valence-electron chi connectivity index (χ0n) is 8.44. The molecule has 0 saturated carbocycles. The molecule has 0 aliphatic rings. The zero-order valence-corrected chi connectivity index (χ0v) is 10.0. The third kappa shape index (κ3) is 1.96. The van der Waals surface area contributed by atoms with Crippen LogP contribution in [0.4, 0.5) is 0 Å². The SMILES string of the molecule is Cc1nccn1-c1ccc(CN)cc1Br. The molecule has 1 aromatic carbocycles. The maximum Gasteiger partial charge on any atom is 0.110 e. The van der Waals surface area contributed by atoms with Crippen molar-refractivity contribution in [2.24, 2.45) is 5.73 Å². The van der Waals surface area contributed by atoms with Gasteiger partial charge >= 0.3 is 0 Å². The first kappa shape index (κ1) is 10.4. The first-order chi connectivity index (χ1) is 7.22. The molecule has 3 nitrogen and oxygen atoms in total. The second-order valence-corrected chi connectivity index (χ2v) is 4.19. The lowest BCUT2D eigenvalue weighted by Crippen LogP contribution is -2.00. The minimum absolute atomic E-state index is 0.557. The number of halogens is 1. The summed E-state index contributed by atoms with van der Waals surface area (Å²) in [5.74, 6) is 0.969. The smallest absolute Gasteiger partial charge is 0.110 e. The van der Waals surface area contributed by atoms with E-state index in [1.807, 2.05) is 35.9 Å². The van der Waals surface area contributed by atoms with E-state index in [1.54, 1.807) is 6.20 Å². The van der Waals surface area contributed by atoms with Gasteiger partial charge in [-0.2, -0.15) is 0 Å². The number of hydrogen-bond acceptors (Lipinski definition) is 2. The average molecular weight is 266 g/mol. The van der Waals surface area contributed by atoms with Gasteiger partial charge in [0.25, 0.3) is 0 Å². The van der Waals surface area contributed by atoms with E-state index in [1.165, 1.54) is 0 Å². The molecule has 15 heavy (non-hydrogen) atoms. The number of benzene rings is 1. The molecular weight excluding hydrogens is 254 g/mol. The van der Waals surface area contributed by atoms with Gasteiger partial charge in [0, 0.05) is 23.4 Å². The molecule has 0 aliphatic heterocycles. The largest absolute Gasteiger partial charge is 0.326 e. The van der Waals surface area contributed by atoms with Crippen LogP contribution >= 0.6 is 15.9 Å². The Kier molecular flexibility index (Phi) is 2.88. The summed E-state index contributed by atoms with van der Waals surface area (Å²) >= 11 is 3.54. The molecule has 0 bridgehead atoms. The number of imidazole rings is 1. The highest BCUT2D eigenvalue weighted by Crippen LogP contribution is 2.23. The number of hydrogen-bond donors (Lipinski definition) is 1. The number of aryl methyl sites for hydroxylation is 1. The third-order valence-corrected chi connectivity index (χ3v) is 2.97. The van der Waals surface area contributed by atoms with Crippen molar-refractivity contribution < 1.29 is 0 Å². The van der Waals surface area contributed by atoms with E-state index in [2.05, 4.69) is 20.9 Å². The summed E-state index contributed by atoms with van der Waals surface area (Å²) in [6.45, 7) is 2.53. The summed E-state index contributed by atoms with van der Waals surface area (Å²) < 4.78 is 3.07. The highest BCUT2D eigenvalue weighted by Gasteiger charge is 2.05. The Hall–Kier alpha value is -1.13. The highest BCUT2D eigenvalue weighted by atomic mass is 79.9. The van der Waals surface area contributed by atoms with Crippen LogP contribution in [0.5, 0.6) is 0 Å². The molecule has 78 valence electrons. The van der Waals surface area contributed by atoms with Gasteiger partial charge in [0.1, 0.15) is 5.82 Å². The Labute approximate surface area is 97.1 Å². The second-order valence-electron chi connectivity index (χ2n) is 3.33. The summed E-state index contributed by atoms with van der Waals surface area (Å²) in [5, 5.41) is 0. The van der Waals surface area contributed by atoms with Crippen LogP contribution in [0.1, 0.15) is 11.4 Å². The van der Waals surface area contributed by atoms with Crippen LogP contribution in [0, 0.1) is 6.92 Å². The Bertz CT molecular complexity index is 476. The van der Waals surface area contributed by atoms with Crippen molar-refractivity contribution >= 4 is 15.9 Å². The van der Waals surface area contributed by atoms with E-state index in [4.69, 9.17) is 5.73 Å². The van der Waals surface area contributed by atoms with Crippen LogP contribution in [-0.4, -0.2) is 9.55 Å². The van der Waals surface area contributed by atoms with Crippen molar-refractivity contribution in [3.8, 4) is 5.69 Å². The topological polar surface area (TPSA) is 43.8 Å². The van der Waals surface area contributed by atoms with Crippen molar-refractivity contribution in [2.45, 2.75) is 13.5 Å². The van der Waals surface area contributed by atoms with Gasteiger partial charge in [-0.05, 0) is 40.5 Å². The molecule has 0 radical (unpaired) electrons. The molecule has 1 heterocycles. The molecule has 0 unspecified atom stereocenters. The van der Waals surface area contributed by atoms with Crippen LogP contribution in [0.15, 0.2) is 35.1 Å². The molecule has 0 spiro atoms. The van der Waals surface area contributed by atoms with Crippen LogP contribution in [0.3, 0.4) is 0 Å². The summed E-state index contributed by atoms with van der Waals surface area (Å²) in [6, 6.07) is 6.11. The Balaban J connectivity index is 2.50. The van der Waals surface area contributed by atoms with Crippen LogP contribution < -0.4 is 5.73 Å². The molecule has 0 amide bonds. The molecule has 1 aromatic heterocycles. The summed E-state index contributed by atoms with van der Waals surface area (Å²) in [5.41, 5.74) is 7.78. The van der Waals surface area contributed by atoms with Gasteiger partial charge in [0.05, 0.1) is 5.69 Å². The lowest BCUT2D eigenvalue weighted by atomic mass is 10.2. The molecule has 0 fully saturated rings. The van der Waals surface area contributed by atoms with E-state index < -0.39 is 0 Å². The highest BCUT2D eigenvalue weighted by molar-refractivity contribution is 9.10. The fourth-order valence-corrected chi connectivity index (χ4v) is 2.12. The van der Waals surface area contributed by atoms with Crippen molar-refractivity contribution in [3.05, 3.63) is 46.5 Å². The van der Waals surface area contributed by atoms with E-state index in [0.29, 0.717) is 6.54 Å². The number of rotatable bonds is 2. The molecule has 0 saturated heterocycles. The molecular formula is C11H12BrN3. The molecule has 2 aromatic rings. The molecule has 2 rings (SSSR count). The number of nitrogens with zero attached hydrogens (tertiary/aromatic N) is 2. The lowest BCUT2D eigenvalue weighted by Gasteiger charge is -2.08. The fourth-order valence-electron chi connectivity index (χ4n) is 1.51. The molecule has 0 aliphatic carbocycles. The van der Waals surface area contributed by atoms with Crippen LogP contribution in [0.25, 0.3) is 5.69 Å². The molecule has 4 heteroatoms. The van der Waals surface area contributed by atoms with Gasteiger partial charge < -0.3 is 10.3 Å². The van der Waals surface area contributed by atoms with Gasteiger partial charge in [0.15, 0.2) is 0 Å². The number of nitrogens with two attached hydrogens (primary N) is 1. The van der Waals surface area contributed by atoms with Gasteiger partial charge in [-0.1, -0.05) is 6.07 Å². The van der Waals surface area contributed by atoms with Crippen molar-refractivity contribution in [1.82, 2.24) is 9.55 Å². The maximum atomic E-state index is 5.58. The average Bonchev–Trinajstić information content (AvgIpc) is 2.64. The van der Waals surface area contributed by atoms with Gasteiger partial charge in [-0.15, -0.1) is 0 Å². The summed E-state index contributed by atoms with van der Waals surface area (Å²) in [4.78, 5) is 4.19. The van der Waals surface area contributed by atoms with Gasteiger partial charge in [-0.3, -0.25) is 0 Å². The zero-order chi connectivity index (χ0) is 10.8. The monoisotopic (exact) mass is 265 g/mol. The molecule has 0 atom stereocenters. The van der Waals surface area contributed by atoms with Gasteiger partial charge in [-0.25, -0.2) is 4.98 Å². The molecule has 2 N–H and O–H groups in total. The van der Waals surface area contributed by atoms with Crippen molar-refractivity contribution in [3.63, 3.8) is 0 Å². The van der Waals surface area contributed by atoms with Crippen molar-refractivity contribution in [1.29, 1.82) is 0 Å². The predicted molar refractivity (Wildman–Crippen MR) is 63.9 cm³/mol. The third-order valence-electron chi connectivity index (χ3n) is 2.33. The van der Waals surface area contributed by atoms with Crippen LogP contribution in [0.2, 0.25) is 0 Å². The van der Waals surface area contributed by atoms with E-state index >= 15 is 0 Å². The summed E-state index contributed by atoms with van der Waals surface area (Å²) in [7, 11) is 0. The second kappa shape index (κ2) is 4.16. The predicted octanol–water partition coefficient (Wildman–Crippen LogP) is 2.40. The Morgan fingerprint density at radius 3 is 2.80 bits per heavy atom. The Morgan fingerprint density at radius 2 is 2.27 bits per heavy atom. The van der Waals surface area contributed by atoms with Crippen LogP contribution in [-0.2, 0) is 6.54 Å². The standard InChI is InChI=1S/C11H12BrN3/c1-8-14-4-5-15(8)11-3-2-9(7-13)6-10(11)12/h2-6H,7,13H2,1H3. The normalized spacial score (nSPS) is 10.6. The quantitative estimate of drug-likeness (QED) is 0.907. The lowest BCUT2D eigenvalue weighted by molar-refractivity contribution is 0.964. The maximum absolute atomic E-state index is 5.58. The minimum Gasteiger partial charge on any atom is -0.326 e. The minimum atomic E-state index is 0.557. The van der Waals surface area contributed by atoms with E-state index in [9.17, 15) is 0 Å². The summed E-state index contributed by atoms with van der Waals surface area (Å²) in [6.07, 6.45) is 3.73. The van der Waals surface area contributed by atoms with E-state index in [0.717, 1.165) is 21.5 Å². The van der Waals surface area contributed by atoms with E-state index in [-0.39, 0.29) is 0 Å². The first-order valence-electron chi connectivity index (χ1n) is 4.71. The van der Waals surface area contributed by atoms with Crippen molar-refractivity contribution in [2.75, 3.05) is 0 Å².